The lowest BCUT2D eigenvalue weighted by Gasteiger charge is -2.01. The number of hydrogen-bond acceptors (Lipinski definition) is 3. The number of nitrogens with one attached hydrogen (secondary N) is 1. The smallest absolute Gasteiger partial charge is 0.243 e. The van der Waals surface area contributed by atoms with Gasteiger partial charge in [-0.25, -0.2) is 4.98 Å². The monoisotopic (exact) mass is 204 g/mol. The first-order valence-electron chi connectivity index (χ1n) is 3.46. The molecular formula is C7H9ClN2OS. The second-order valence-electron chi connectivity index (χ2n) is 2.40. The van der Waals surface area contributed by atoms with Crippen LogP contribution in [0.25, 0.3) is 0 Å². The van der Waals surface area contributed by atoms with Crippen molar-refractivity contribution < 1.29 is 4.79 Å². The average Bonchev–Trinajstić information content (AvgIpc) is 2.35. The summed E-state index contributed by atoms with van der Waals surface area (Å²) in [6.45, 7) is 3.49. The molecule has 0 unspecified atom stereocenters. The molecule has 1 amide bonds. The van der Waals surface area contributed by atoms with E-state index in [1.54, 1.807) is 6.92 Å². The molecule has 0 spiro atoms. The van der Waals surface area contributed by atoms with Crippen LogP contribution < -0.4 is 5.32 Å². The Kier molecular flexibility index (Phi) is 3.05. The Hall–Kier alpha value is -0.610. The molecule has 5 heteroatoms. The molecule has 0 aliphatic heterocycles. The summed E-state index contributed by atoms with van der Waals surface area (Å²) in [5, 5.41) is 4.55. The highest BCUT2D eigenvalue weighted by Gasteiger charge is 2.10. The Labute approximate surface area is 79.8 Å². The Morgan fingerprint density at radius 2 is 2.50 bits per heavy atom. The van der Waals surface area contributed by atoms with E-state index in [9.17, 15) is 4.79 Å². The van der Waals surface area contributed by atoms with Crippen molar-refractivity contribution in [2.75, 3.05) is 5.32 Å². The maximum Gasteiger partial charge on any atom is 0.243 e. The SMILES string of the molecule is Cc1csc(NC(=O)[C@@H](C)Cl)n1. The normalized spacial score (nSPS) is 12.6. The molecule has 1 atom stereocenters. The van der Waals surface area contributed by atoms with Gasteiger partial charge in [0.2, 0.25) is 5.91 Å². The number of carbonyl (C=O) groups is 1. The molecule has 0 fully saturated rings. The fourth-order valence-electron chi connectivity index (χ4n) is 0.616. The Morgan fingerprint density at radius 3 is 2.92 bits per heavy atom. The van der Waals surface area contributed by atoms with Gasteiger partial charge in [-0.15, -0.1) is 22.9 Å². The van der Waals surface area contributed by atoms with E-state index < -0.39 is 5.38 Å². The van der Waals surface area contributed by atoms with Crippen molar-refractivity contribution in [2.24, 2.45) is 0 Å². The molecule has 1 rings (SSSR count). The topological polar surface area (TPSA) is 42.0 Å². The van der Waals surface area contributed by atoms with Gasteiger partial charge >= 0.3 is 0 Å². The van der Waals surface area contributed by atoms with E-state index in [1.165, 1.54) is 11.3 Å². The van der Waals surface area contributed by atoms with Gasteiger partial charge in [-0.1, -0.05) is 0 Å². The molecule has 0 aliphatic carbocycles. The standard InChI is InChI=1S/C7H9ClN2OS/c1-4-3-12-7(9-4)10-6(11)5(2)8/h3,5H,1-2H3,(H,9,10,11)/t5-/m1/s1. The molecule has 0 radical (unpaired) electrons. The number of amides is 1. The summed E-state index contributed by atoms with van der Waals surface area (Å²) in [7, 11) is 0. The van der Waals surface area contributed by atoms with E-state index in [0.29, 0.717) is 5.13 Å². The minimum atomic E-state index is -0.519. The second-order valence-corrected chi connectivity index (χ2v) is 3.91. The molecule has 0 aliphatic rings. The summed E-state index contributed by atoms with van der Waals surface area (Å²) >= 11 is 6.94. The van der Waals surface area contributed by atoms with Crippen molar-refractivity contribution in [1.82, 2.24) is 4.98 Å². The molecule has 1 heterocycles. The third-order valence-corrected chi connectivity index (χ3v) is 2.28. The summed E-state index contributed by atoms with van der Waals surface area (Å²) in [4.78, 5) is 15.1. The third-order valence-electron chi connectivity index (χ3n) is 1.21. The average molecular weight is 205 g/mol. The van der Waals surface area contributed by atoms with Gasteiger partial charge in [0.25, 0.3) is 0 Å². The first-order valence-corrected chi connectivity index (χ1v) is 4.78. The highest BCUT2D eigenvalue weighted by Crippen LogP contribution is 2.14. The van der Waals surface area contributed by atoms with Crippen LogP contribution in [0.15, 0.2) is 5.38 Å². The number of aromatic nitrogens is 1. The van der Waals surface area contributed by atoms with Crippen LogP contribution >= 0.6 is 22.9 Å². The molecule has 66 valence electrons. The van der Waals surface area contributed by atoms with Gasteiger partial charge in [-0.2, -0.15) is 0 Å². The van der Waals surface area contributed by atoms with Crippen LogP contribution in [-0.4, -0.2) is 16.3 Å². The van der Waals surface area contributed by atoms with E-state index in [2.05, 4.69) is 10.3 Å². The van der Waals surface area contributed by atoms with Gasteiger partial charge in [0, 0.05) is 5.38 Å². The van der Waals surface area contributed by atoms with Crippen LogP contribution in [0.5, 0.6) is 0 Å². The summed E-state index contributed by atoms with van der Waals surface area (Å²) in [6, 6.07) is 0. The lowest BCUT2D eigenvalue weighted by atomic mass is 10.4. The maximum atomic E-state index is 11.0. The van der Waals surface area contributed by atoms with E-state index >= 15 is 0 Å². The predicted molar refractivity (Wildman–Crippen MR) is 50.8 cm³/mol. The van der Waals surface area contributed by atoms with Gasteiger partial charge in [0.15, 0.2) is 5.13 Å². The lowest BCUT2D eigenvalue weighted by molar-refractivity contribution is -0.115. The zero-order valence-corrected chi connectivity index (χ0v) is 8.37. The van der Waals surface area contributed by atoms with Crippen LogP contribution in [0.2, 0.25) is 0 Å². The first-order chi connectivity index (χ1) is 5.59. The fraction of sp³-hybridized carbons (Fsp3) is 0.429. The zero-order valence-electron chi connectivity index (χ0n) is 6.80. The molecular weight excluding hydrogens is 196 g/mol. The van der Waals surface area contributed by atoms with Gasteiger partial charge < -0.3 is 5.32 Å². The van der Waals surface area contributed by atoms with E-state index in [-0.39, 0.29) is 5.91 Å². The Balaban J connectivity index is 2.58. The first kappa shape index (κ1) is 9.48. The molecule has 3 nitrogen and oxygen atoms in total. The fourth-order valence-corrected chi connectivity index (χ4v) is 1.36. The van der Waals surface area contributed by atoms with E-state index in [4.69, 9.17) is 11.6 Å². The lowest BCUT2D eigenvalue weighted by Crippen LogP contribution is -2.20. The largest absolute Gasteiger partial charge is 0.301 e. The molecule has 1 aromatic heterocycles. The number of nitrogens with zero attached hydrogens (tertiary/aromatic N) is 1. The maximum absolute atomic E-state index is 11.0. The van der Waals surface area contributed by atoms with Crippen LogP contribution in [0.3, 0.4) is 0 Å². The summed E-state index contributed by atoms with van der Waals surface area (Å²) in [5.74, 6) is -0.217. The van der Waals surface area contributed by atoms with Crippen molar-refractivity contribution in [3.05, 3.63) is 11.1 Å². The molecule has 1 N–H and O–H groups in total. The van der Waals surface area contributed by atoms with Crippen LogP contribution in [0.4, 0.5) is 5.13 Å². The van der Waals surface area contributed by atoms with Crippen molar-refractivity contribution in [2.45, 2.75) is 19.2 Å². The van der Waals surface area contributed by atoms with Crippen LogP contribution in [0, 0.1) is 6.92 Å². The van der Waals surface area contributed by atoms with Crippen LogP contribution in [0.1, 0.15) is 12.6 Å². The molecule has 0 saturated heterocycles. The highest BCUT2D eigenvalue weighted by atomic mass is 35.5. The number of halogens is 1. The quantitative estimate of drug-likeness (QED) is 0.749. The number of carbonyl (C=O) groups excluding carboxylic acids is 1. The van der Waals surface area contributed by atoms with Gasteiger partial charge in [0.1, 0.15) is 5.38 Å². The number of aryl methyl sites for hydroxylation is 1. The number of anilines is 1. The number of alkyl halides is 1. The van der Waals surface area contributed by atoms with Crippen molar-refractivity contribution in [1.29, 1.82) is 0 Å². The molecule has 0 bridgehead atoms. The third kappa shape index (κ3) is 2.46. The summed E-state index contributed by atoms with van der Waals surface area (Å²) in [5.41, 5.74) is 0.900. The number of hydrogen-bond donors (Lipinski definition) is 1. The van der Waals surface area contributed by atoms with E-state index in [0.717, 1.165) is 5.69 Å². The zero-order chi connectivity index (χ0) is 9.14. The second kappa shape index (κ2) is 3.87. The van der Waals surface area contributed by atoms with Gasteiger partial charge in [-0.05, 0) is 13.8 Å². The molecule has 0 aromatic carbocycles. The summed E-state index contributed by atoms with van der Waals surface area (Å²) < 4.78 is 0. The van der Waals surface area contributed by atoms with Crippen LogP contribution in [-0.2, 0) is 4.79 Å². The van der Waals surface area contributed by atoms with Crippen molar-refractivity contribution in [3.63, 3.8) is 0 Å². The van der Waals surface area contributed by atoms with Gasteiger partial charge in [-0.3, -0.25) is 4.79 Å². The molecule has 12 heavy (non-hydrogen) atoms. The minimum Gasteiger partial charge on any atom is -0.301 e. The van der Waals surface area contributed by atoms with Crippen molar-refractivity contribution in [3.8, 4) is 0 Å². The molecule has 1 aromatic rings. The highest BCUT2D eigenvalue weighted by molar-refractivity contribution is 7.13. The number of thiazole rings is 1. The van der Waals surface area contributed by atoms with Crippen molar-refractivity contribution >= 4 is 34.0 Å². The Bertz CT molecular complexity index is 285. The van der Waals surface area contributed by atoms with Gasteiger partial charge in [0.05, 0.1) is 5.69 Å². The predicted octanol–water partition coefficient (Wildman–Crippen LogP) is 2.02. The minimum absolute atomic E-state index is 0.217. The number of rotatable bonds is 2. The Morgan fingerprint density at radius 1 is 1.83 bits per heavy atom. The molecule has 0 saturated carbocycles. The summed E-state index contributed by atoms with van der Waals surface area (Å²) in [6.07, 6.45) is 0. The van der Waals surface area contributed by atoms with E-state index in [1.807, 2.05) is 12.3 Å².